The fourth-order valence-corrected chi connectivity index (χ4v) is 2.33. The highest BCUT2D eigenvalue weighted by molar-refractivity contribution is 5.79. The smallest absolute Gasteiger partial charge is 0.0134 e. The van der Waals surface area contributed by atoms with Crippen LogP contribution in [0.1, 0.15) is 38.3 Å². The van der Waals surface area contributed by atoms with Crippen LogP contribution in [-0.2, 0) is 0 Å². The van der Waals surface area contributed by atoms with Gasteiger partial charge in [-0.1, -0.05) is 55.8 Å². The van der Waals surface area contributed by atoms with Gasteiger partial charge in [-0.15, -0.1) is 0 Å². The molecule has 0 N–H and O–H groups in total. The Morgan fingerprint density at radius 2 is 1.62 bits per heavy atom. The predicted octanol–water partition coefficient (Wildman–Crippen LogP) is 4.75. The zero-order chi connectivity index (χ0) is 11.8. The monoisotopic (exact) mass is 212 g/mol. The van der Waals surface area contributed by atoms with Gasteiger partial charge in [-0.3, -0.25) is 0 Å². The van der Waals surface area contributed by atoms with Gasteiger partial charge in [0.15, 0.2) is 0 Å². The van der Waals surface area contributed by atoms with Crippen molar-refractivity contribution in [3.63, 3.8) is 0 Å². The Labute approximate surface area is 98.7 Å². The first-order valence-electron chi connectivity index (χ1n) is 5.95. The van der Waals surface area contributed by atoms with E-state index in [9.17, 15) is 0 Å². The Morgan fingerprint density at radius 3 is 2.19 bits per heavy atom. The predicted molar refractivity (Wildman–Crippen MR) is 71.3 cm³/mol. The van der Waals surface area contributed by atoms with E-state index < -0.39 is 0 Å². The number of hydrogen-bond donors (Lipinski definition) is 0. The van der Waals surface area contributed by atoms with Crippen LogP contribution in [0.2, 0.25) is 0 Å². The first-order chi connectivity index (χ1) is 7.48. The lowest BCUT2D eigenvalue weighted by Crippen LogP contribution is -2.11. The van der Waals surface area contributed by atoms with E-state index in [0.717, 1.165) is 6.42 Å². The zero-order valence-electron chi connectivity index (χ0n) is 10.7. The maximum atomic E-state index is 2.39. The molecule has 0 saturated heterocycles. The molecule has 0 saturated carbocycles. The first-order valence-corrected chi connectivity index (χ1v) is 5.95. The van der Waals surface area contributed by atoms with Crippen molar-refractivity contribution in [2.24, 2.45) is 5.41 Å². The van der Waals surface area contributed by atoms with E-state index in [0.29, 0.717) is 5.41 Å². The summed E-state index contributed by atoms with van der Waals surface area (Å²) in [6.45, 7) is 8.93. The van der Waals surface area contributed by atoms with Gasteiger partial charge in [-0.05, 0) is 42.4 Å². The lowest BCUT2D eigenvalue weighted by atomic mass is 9.79. The van der Waals surface area contributed by atoms with Gasteiger partial charge in [0.05, 0.1) is 0 Å². The molecule has 0 heteroatoms. The summed E-state index contributed by atoms with van der Waals surface area (Å²) in [5.74, 6) is 0. The second-order valence-corrected chi connectivity index (χ2v) is 5.50. The van der Waals surface area contributed by atoms with E-state index in [4.69, 9.17) is 0 Å². The molecule has 0 heterocycles. The van der Waals surface area contributed by atoms with Gasteiger partial charge < -0.3 is 0 Å². The second kappa shape index (κ2) is 3.93. The largest absolute Gasteiger partial charge is 0.0756 e. The van der Waals surface area contributed by atoms with Gasteiger partial charge in [-0.2, -0.15) is 0 Å². The summed E-state index contributed by atoms with van der Waals surface area (Å²) in [6, 6.07) is 8.81. The van der Waals surface area contributed by atoms with Crippen molar-refractivity contribution in [3.05, 3.63) is 53.1 Å². The third-order valence-electron chi connectivity index (χ3n) is 3.23. The molecule has 0 bridgehead atoms. The van der Waals surface area contributed by atoms with Crippen molar-refractivity contribution >= 4 is 5.57 Å². The number of allylic oxidation sites excluding steroid dienone is 4. The number of aryl methyl sites for hydroxylation is 1. The van der Waals surface area contributed by atoms with Gasteiger partial charge >= 0.3 is 0 Å². The van der Waals surface area contributed by atoms with Crippen LogP contribution in [-0.4, -0.2) is 0 Å². The fraction of sp³-hybridized carbons (Fsp3) is 0.375. The van der Waals surface area contributed by atoms with Crippen molar-refractivity contribution < 1.29 is 0 Å². The topological polar surface area (TPSA) is 0 Å². The van der Waals surface area contributed by atoms with Crippen molar-refractivity contribution in [3.8, 4) is 0 Å². The molecule has 0 aromatic heterocycles. The minimum atomic E-state index is 0.318. The Kier molecular flexibility index (Phi) is 2.75. The molecule has 0 amide bonds. The quantitative estimate of drug-likeness (QED) is 0.630. The average molecular weight is 212 g/mol. The number of rotatable bonds is 1. The molecule has 84 valence electrons. The normalized spacial score (nSPS) is 19.0. The molecule has 1 aliphatic carbocycles. The summed E-state index contributed by atoms with van der Waals surface area (Å²) in [5.41, 5.74) is 5.79. The van der Waals surface area contributed by atoms with E-state index in [2.05, 4.69) is 64.1 Å². The van der Waals surface area contributed by atoms with Crippen LogP contribution in [0.3, 0.4) is 0 Å². The maximum Gasteiger partial charge on any atom is -0.0134 e. The van der Waals surface area contributed by atoms with E-state index in [1.54, 1.807) is 0 Å². The molecule has 1 aliphatic rings. The third kappa shape index (κ3) is 2.27. The summed E-state index contributed by atoms with van der Waals surface area (Å²) in [4.78, 5) is 0. The van der Waals surface area contributed by atoms with Crippen LogP contribution in [0, 0.1) is 12.3 Å². The van der Waals surface area contributed by atoms with Crippen LogP contribution >= 0.6 is 0 Å². The molecular weight excluding hydrogens is 192 g/mol. The maximum absolute atomic E-state index is 2.39. The first kappa shape index (κ1) is 11.2. The molecule has 1 aromatic carbocycles. The van der Waals surface area contributed by atoms with Crippen LogP contribution < -0.4 is 0 Å². The van der Waals surface area contributed by atoms with E-state index >= 15 is 0 Å². The molecule has 0 atom stereocenters. The van der Waals surface area contributed by atoms with Gasteiger partial charge in [0.2, 0.25) is 0 Å². The van der Waals surface area contributed by atoms with E-state index in [1.165, 1.54) is 22.3 Å². The van der Waals surface area contributed by atoms with Crippen molar-refractivity contribution in [2.45, 2.75) is 34.1 Å². The SMILES string of the molecule is CC1=CC(C)(C)CC=C1c1ccc(C)cc1. The van der Waals surface area contributed by atoms with Gasteiger partial charge in [0.1, 0.15) is 0 Å². The average Bonchev–Trinajstić information content (AvgIpc) is 2.19. The van der Waals surface area contributed by atoms with Crippen molar-refractivity contribution in [2.75, 3.05) is 0 Å². The van der Waals surface area contributed by atoms with E-state index in [-0.39, 0.29) is 0 Å². The highest BCUT2D eigenvalue weighted by Crippen LogP contribution is 2.36. The van der Waals surface area contributed by atoms with Gasteiger partial charge in [0, 0.05) is 0 Å². The van der Waals surface area contributed by atoms with Gasteiger partial charge in [-0.25, -0.2) is 0 Å². The zero-order valence-corrected chi connectivity index (χ0v) is 10.7. The van der Waals surface area contributed by atoms with Crippen LogP contribution in [0.25, 0.3) is 5.57 Å². The fourth-order valence-electron chi connectivity index (χ4n) is 2.33. The lowest BCUT2D eigenvalue weighted by molar-refractivity contribution is 0.482. The summed E-state index contributed by atoms with van der Waals surface area (Å²) >= 11 is 0. The molecule has 0 nitrogen and oxygen atoms in total. The van der Waals surface area contributed by atoms with Gasteiger partial charge in [0.25, 0.3) is 0 Å². The number of hydrogen-bond acceptors (Lipinski definition) is 0. The van der Waals surface area contributed by atoms with Crippen LogP contribution in [0.15, 0.2) is 42.0 Å². The minimum absolute atomic E-state index is 0.318. The Balaban J connectivity index is 2.34. The summed E-state index contributed by atoms with van der Waals surface area (Å²) < 4.78 is 0. The molecule has 0 spiro atoms. The minimum Gasteiger partial charge on any atom is -0.0756 e. The molecule has 0 radical (unpaired) electrons. The molecule has 16 heavy (non-hydrogen) atoms. The standard InChI is InChI=1S/C16H20/c1-12-5-7-14(8-6-12)15-9-10-16(3,4)11-13(15)2/h5-9,11H,10H2,1-4H3. The second-order valence-electron chi connectivity index (χ2n) is 5.50. The highest BCUT2D eigenvalue weighted by atomic mass is 14.2. The Hall–Kier alpha value is -1.30. The van der Waals surface area contributed by atoms with Crippen molar-refractivity contribution in [1.29, 1.82) is 0 Å². The van der Waals surface area contributed by atoms with E-state index in [1.807, 2.05) is 0 Å². The molecular formula is C16H20. The Morgan fingerprint density at radius 1 is 1.00 bits per heavy atom. The summed E-state index contributed by atoms with van der Waals surface area (Å²) in [7, 11) is 0. The summed E-state index contributed by atoms with van der Waals surface area (Å²) in [6.07, 6.45) is 5.90. The Bertz CT molecular complexity index is 441. The summed E-state index contributed by atoms with van der Waals surface area (Å²) in [5, 5.41) is 0. The molecule has 2 rings (SSSR count). The van der Waals surface area contributed by atoms with Crippen LogP contribution in [0.4, 0.5) is 0 Å². The highest BCUT2D eigenvalue weighted by Gasteiger charge is 2.19. The molecule has 0 unspecified atom stereocenters. The number of benzene rings is 1. The van der Waals surface area contributed by atoms with Crippen molar-refractivity contribution in [1.82, 2.24) is 0 Å². The molecule has 1 aromatic rings. The molecule has 0 aliphatic heterocycles. The lowest BCUT2D eigenvalue weighted by Gasteiger charge is -2.26. The van der Waals surface area contributed by atoms with Crippen LogP contribution in [0.5, 0.6) is 0 Å². The molecule has 0 fully saturated rings. The third-order valence-corrected chi connectivity index (χ3v) is 3.23.